The molecule has 0 atom stereocenters. The Morgan fingerprint density at radius 3 is 2.56 bits per heavy atom. The third-order valence-electron chi connectivity index (χ3n) is 6.19. The number of benzene rings is 1. The van der Waals surface area contributed by atoms with Crippen LogP contribution in [0, 0.1) is 0 Å². The molecule has 1 aromatic carbocycles. The summed E-state index contributed by atoms with van der Waals surface area (Å²) >= 11 is 6.44. The quantitative estimate of drug-likeness (QED) is 0.388. The standard InChI is InChI=1S/C25H27ClN6O2/c1-15(2)22-30-23(18-14-27-32(24(18)31-22)20-7-4-3-6-19(20)26)28-16-9-11-17(12-10-16)29-25(33)21-8-5-13-34-21/h3-8,13-17H,9-12H2,1-2H3,(H,29,33)(H,28,30,31). The van der Waals surface area contributed by atoms with E-state index in [4.69, 9.17) is 26.0 Å². The summed E-state index contributed by atoms with van der Waals surface area (Å²) in [5.74, 6) is 1.89. The van der Waals surface area contributed by atoms with E-state index < -0.39 is 0 Å². The molecule has 3 heterocycles. The highest BCUT2D eigenvalue weighted by molar-refractivity contribution is 6.32. The van der Waals surface area contributed by atoms with Gasteiger partial charge in [-0.3, -0.25) is 4.79 Å². The molecule has 3 aromatic heterocycles. The van der Waals surface area contributed by atoms with Gasteiger partial charge in [0.25, 0.3) is 5.91 Å². The lowest BCUT2D eigenvalue weighted by Crippen LogP contribution is -2.40. The predicted molar refractivity (Wildman–Crippen MR) is 132 cm³/mol. The van der Waals surface area contributed by atoms with E-state index in [9.17, 15) is 4.79 Å². The first kappa shape index (κ1) is 22.4. The molecule has 1 aliphatic rings. The summed E-state index contributed by atoms with van der Waals surface area (Å²) in [6, 6.07) is 11.4. The Morgan fingerprint density at radius 1 is 1.09 bits per heavy atom. The first-order valence-electron chi connectivity index (χ1n) is 11.6. The van der Waals surface area contributed by atoms with Gasteiger partial charge in [0.2, 0.25) is 0 Å². The average molecular weight is 479 g/mol. The molecule has 0 bridgehead atoms. The van der Waals surface area contributed by atoms with Crippen LogP contribution in [0.15, 0.2) is 53.3 Å². The van der Waals surface area contributed by atoms with Crippen LogP contribution in [-0.2, 0) is 0 Å². The maximum Gasteiger partial charge on any atom is 0.287 e. The largest absolute Gasteiger partial charge is 0.459 e. The van der Waals surface area contributed by atoms with Crippen LogP contribution >= 0.6 is 11.6 Å². The highest BCUT2D eigenvalue weighted by Crippen LogP contribution is 2.30. The Kier molecular flexibility index (Phi) is 6.24. The Labute approximate surface area is 202 Å². The number of hydrogen-bond donors (Lipinski definition) is 2. The van der Waals surface area contributed by atoms with Gasteiger partial charge in [-0.05, 0) is 49.9 Å². The molecule has 1 saturated carbocycles. The van der Waals surface area contributed by atoms with Gasteiger partial charge in [-0.1, -0.05) is 37.6 Å². The van der Waals surface area contributed by atoms with E-state index >= 15 is 0 Å². The molecule has 34 heavy (non-hydrogen) atoms. The van der Waals surface area contributed by atoms with Gasteiger partial charge < -0.3 is 15.1 Å². The molecule has 1 fully saturated rings. The number of para-hydroxylation sites is 1. The Morgan fingerprint density at radius 2 is 1.85 bits per heavy atom. The van der Waals surface area contributed by atoms with E-state index in [1.807, 2.05) is 24.3 Å². The van der Waals surface area contributed by atoms with E-state index in [-0.39, 0.29) is 23.9 Å². The van der Waals surface area contributed by atoms with Crippen LogP contribution in [0.25, 0.3) is 16.7 Å². The number of carbonyl (C=O) groups is 1. The van der Waals surface area contributed by atoms with E-state index in [1.54, 1.807) is 23.0 Å². The number of carbonyl (C=O) groups excluding carboxylic acids is 1. The van der Waals surface area contributed by atoms with E-state index in [0.29, 0.717) is 10.8 Å². The van der Waals surface area contributed by atoms with Crippen molar-refractivity contribution in [3.63, 3.8) is 0 Å². The van der Waals surface area contributed by atoms with Gasteiger partial charge in [0.15, 0.2) is 11.4 Å². The molecule has 8 nitrogen and oxygen atoms in total. The first-order chi connectivity index (χ1) is 16.5. The molecule has 1 aliphatic carbocycles. The highest BCUT2D eigenvalue weighted by atomic mass is 35.5. The third-order valence-corrected chi connectivity index (χ3v) is 6.51. The Bertz CT molecular complexity index is 1290. The second-order valence-corrected chi connectivity index (χ2v) is 9.38. The van der Waals surface area contributed by atoms with Crippen LogP contribution in [-0.4, -0.2) is 37.7 Å². The van der Waals surface area contributed by atoms with Crippen molar-refractivity contribution in [2.45, 2.75) is 57.5 Å². The van der Waals surface area contributed by atoms with Gasteiger partial charge in [-0.2, -0.15) is 5.10 Å². The van der Waals surface area contributed by atoms with Crippen molar-refractivity contribution in [3.05, 3.63) is 65.5 Å². The summed E-state index contributed by atoms with van der Waals surface area (Å²) in [6.45, 7) is 4.15. The van der Waals surface area contributed by atoms with Gasteiger partial charge in [0, 0.05) is 18.0 Å². The number of furan rings is 1. The fraction of sp³-hybridized carbons (Fsp3) is 0.360. The zero-order chi connectivity index (χ0) is 23.7. The minimum Gasteiger partial charge on any atom is -0.459 e. The number of amides is 1. The number of halogens is 1. The first-order valence-corrected chi connectivity index (χ1v) is 12.0. The lowest BCUT2D eigenvalue weighted by molar-refractivity contribution is 0.0898. The van der Waals surface area contributed by atoms with Crippen LogP contribution < -0.4 is 10.6 Å². The van der Waals surface area contributed by atoms with Crippen molar-refractivity contribution in [2.24, 2.45) is 0 Å². The van der Waals surface area contributed by atoms with Crippen molar-refractivity contribution in [1.29, 1.82) is 0 Å². The normalized spacial score (nSPS) is 18.4. The monoisotopic (exact) mass is 478 g/mol. The number of hydrogen-bond acceptors (Lipinski definition) is 6. The smallest absolute Gasteiger partial charge is 0.287 e. The summed E-state index contributed by atoms with van der Waals surface area (Å²) in [5, 5.41) is 12.8. The molecule has 0 radical (unpaired) electrons. The summed E-state index contributed by atoms with van der Waals surface area (Å²) in [5.41, 5.74) is 1.51. The number of aromatic nitrogens is 4. The van der Waals surface area contributed by atoms with E-state index in [1.165, 1.54) is 6.26 Å². The van der Waals surface area contributed by atoms with Crippen LogP contribution in [0.5, 0.6) is 0 Å². The molecular weight excluding hydrogens is 452 g/mol. The third kappa shape index (κ3) is 4.50. The van der Waals surface area contributed by atoms with Crippen LogP contribution in [0.3, 0.4) is 0 Å². The van der Waals surface area contributed by atoms with E-state index in [0.717, 1.165) is 54.0 Å². The summed E-state index contributed by atoms with van der Waals surface area (Å²) in [6.07, 6.45) is 6.91. The number of rotatable bonds is 6. The molecule has 0 spiro atoms. The van der Waals surface area contributed by atoms with Crippen molar-refractivity contribution in [3.8, 4) is 5.69 Å². The lowest BCUT2D eigenvalue weighted by Gasteiger charge is -2.30. The second-order valence-electron chi connectivity index (χ2n) is 8.97. The molecule has 0 aliphatic heterocycles. The molecule has 0 saturated heterocycles. The number of nitrogens with zero attached hydrogens (tertiary/aromatic N) is 4. The molecule has 2 N–H and O–H groups in total. The summed E-state index contributed by atoms with van der Waals surface area (Å²) in [4.78, 5) is 21.9. The summed E-state index contributed by atoms with van der Waals surface area (Å²) in [7, 11) is 0. The topological polar surface area (TPSA) is 97.9 Å². The minimum atomic E-state index is -0.160. The van der Waals surface area contributed by atoms with Crippen molar-refractivity contribution >= 4 is 34.4 Å². The SMILES string of the molecule is CC(C)c1nc(NC2CCC(NC(=O)c3ccco3)CC2)c2cnn(-c3ccccc3Cl)c2n1. The molecule has 1 amide bonds. The van der Waals surface area contributed by atoms with Crippen molar-refractivity contribution < 1.29 is 9.21 Å². The fourth-order valence-corrected chi connectivity index (χ4v) is 4.55. The van der Waals surface area contributed by atoms with E-state index in [2.05, 4.69) is 29.6 Å². The van der Waals surface area contributed by atoms with Gasteiger partial charge >= 0.3 is 0 Å². The van der Waals surface area contributed by atoms with Gasteiger partial charge in [0.05, 0.1) is 28.6 Å². The van der Waals surface area contributed by atoms with Gasteiger partial charge in [0.1, 0.15) is 11.6 Å². The van der Waals surface area contributed by atoms with Crippen molar-refractivity contribution in [2.75, 3.05) is 5.32 Å². The molecule has 176 valence electrons. The average Bonchev–Trinajstić information content (AvgIpc) is 3.51. The molecular formula is C25H27ClN6O2. The number of anilines is 1. The molecule has 0 unspecified atom stereocenters. The van der Waals surface area contributed by atoms with Crippen LogP contribution in [0.2, 0.25) is 5.02 Å². The lowest BCUT2D eigenvalue weighted by atomic mass is 9.91. The fourth-order valence-electron chi connectivity index (χ4n) is 4.33. The second kappa shape index (κ2) is 9.46. The minimum absolute atomic E-state index is 0.135. The Balaban J connectivity index is 1.35. The molecule has 4 aromatic rings. The highest BCUT2D eigenvalue weighted by Gasteiger charge is 2.25. The maximum atomic E-state index is 12.3. The van der Waals surface area contributed by atoms with Crippen LogP contribution in [0.4, 0.5) is 5.82 Å². The van der Waals surface area contributed by atoms with Gasteiger partial charge in [-0.15, -0.1) is 0 Å². The zero-order valence-electron chi connectivity index (χ0n) is 19.2. The molecule has 5 rings (SSSR count). The zero-order valence-corrected chi connectivity index (χ0v) is 19.9. The molecule has 9 heteroatoms. The van der Waals surface area contributed by atoms with Crippen molar-refractivity contribution in [1.82, 2.24) is 25.1 Å². The maximum absolute atomic E-state index is 12.3. The number of fused-ring (bicyclic) bond motifs is 1. The predicted octanol–water partition coefficient (Wildman–Crippen LogP) is 5.34. The number of nitrogens with one attached hydrogen (secondary N) is 2. The van der Waals surface area contributed by atoms with Crippen LogP contribution in [0.1, 0.15) is 61.8 Å². The van der Waals surface area contributed by atoms with Gasteiger partial charge in [-0.25, -0.2) is 14.6 Å². The Hall–Kier alpha value is -3.39. The summed E-state index contributed by atoms with van der Waals surface area (Å²) < 4.78 is 6.97.